The van der Waals surface area contributed by atoms with Crippen LogP contribution < -0.4 is 25.4 Å². The van der Waals surface area contributed by atoms with E-state index < -0.39 is 6.03 Å². The van der Waals surface area contributed by atoms with Crippen molar-refractivity contribution in [3.63, 3.8) is 0 Å². The Hall–Kier alpha value is -3.22. The maximum absolute atomic E-state index is 12.6. The van der Waals surface area contributed by atoms with Gasteiger partial charge in [0.25, 0.3) is 5.91 Å². The van der Waals surface area contributed by atoms with Crippen molar-refractivity contribution in [3.8, 4) is 11.5 Å². The fourth-order valence-corrected chi connectivity index (χ4v) is 3.99. The predicted molar refractivity (Wildman–Crippen MR) is 147 cm³/mol. The summed E-state index contributed by atoms with van der Waals surface area (Å²) in [6.45, 7) is 5.56. The van der Waals surface area contributed by atoms with Gasteiger partial charge in [-0.25, -0.2) is 4.79 Å². The van der Waals surface area contributed by atoms with Crippen molar-refractivity contribution >= 4 is 23.3 Å². The summed E-state index contributed by atoms with van der Waals surface area (Å²) >= 11 is 0. The normalized spacial score (nSPS) is 10.6. The smallest absolute Gasteiger partial charge is 0.324 e. The number of ether oxygens (including phenoxy) is 2. The van der Waals surface area contributed by atoms with Crippen molar-refractivity contribution in [1.29, 1.82) is 0 Å². The molecule has 0 fully saturated rings. The maximum atomic E-state index is 12.6. The summed E-state index contributed by atoms with van der Waals surface area (Å²) in [5.74, 6) is 0.970. The summed E-state index contributed by atoms with van der Waals surface area (Å²) in [6, 6.07) is 11.5. The summed E-state index contributed by atoms with van der Waals surface area (Å²) in [5, 5.41) is 2.89. The van der Waals surface area contributed by atoms with Crippen LogP contribution in [0.2, 0.25) is 0 Å². The second-order valence-corrected chi connectivity index (χ2v) is 8.99. The van der Waals surface area contributed by atoms with Gasteiger partial charge in [-0.2, -0.15) is 0 Å². The molecule has 2 rings (SSSR count). The number of rotatable bonds is 17. The largest absolute Gasteiger partial charge is 0.495 e. The first-order valence-electron chi connectivity index (χ1n) is 13.3. The third kappa shape index (κ3) is 9.44. The Balaban J connectivity index is 2.02. The SMILES string of the molecule is CCCCCCCCCCOc1ccc(N(C(N)=O)c2cc(C(=O)NCCCC)ccc2OC)cc1. The van der Waals surface area contributed by atoms with Crippen molar-refractivity contribution in [1.82, 2.24) is 5.32 Å². The molecule has 198 valence electrons. The van der Waals surface area contributed by atoms with Gasteiger partial charge in [0.2, 0.25) is 0 Å². The van der Waals surface area contributed by atoms with Gasteiger partial charge in [-0.15, -0.1) is 0 Å². The molecule has 0 aliphatic carbocycles. The van der Waals surface area contributed by atoms with Gasteiger partial charge in [0.15, 0.2) is 0 Å². The summed E-state index contributed by atoms with van der Waals surface area (Å²) in [5.41, 5.74) is 7.14. The quantitative estimate of drug-likeness (QED) is 0.231. The highest BCUT2D eigenvalue weighted by atomic mass is 16.5. The van der Waals surface area contributed by atoms with Gasteiger partial charge >= 0.3 is 6.03 Å². The van der Waals surface area contributed by atoms with Crippen LogP contribution in [0.4, 0.5) is 16.2 Å². The highest BCUT2D eigenvalue weighted by Crippen LogP contribution is 2.35. The molecular weight excluding hydrogens is 454 g/mol. The number of nitrogens with zero attached hydrogens (tertiary/aromatic N) is 1. The number of carbonyl (C=O) groups excluding carboxylic acids is 2. The molecule has 0 spiro atoms. The molecule has 0 bridgehead atoms. The third-order valence-corrected chi connectivity index (χ3v) is 6.08. The Morgan fingerprint density at radius 3 is 2.11 bits per heavy atom. The summed E-state index contributed by atoms with van der Waals surface area (Å²) < 4.78 is 11.3. The molecule has 3 amide bonds. The molecule has 36 heavy (non-hydrogen) atoms. The number of nitrogens with two attached hydrogens (primary N) is 1. The fourth-order valence-electron chi connectivity index (χ4n) is 3.99. The molecule has 0 radical (unpaired) electrons. The number of amides is 3. The average Bonchev–Trinajstić information content (AvgIpc) is 2.88. The molecule has 7 heteroatoms. The van der Waals surface area contributed by atoms with E-state index in [0.29, 0.717) is 35.8 Å². The number of hydrogen-bond donors (Lipinski definition) is 2. The molecule has 2 aromatic rings. The lowest BCUT2D eigenvalue weighted by Crippen LogP contribution is -2.32. The van der Waals surface area contributed by atoms with Crippen LogP contribution >= 0.6 is 0 Å². The van der Waals surface area contributed by atoms with Gasteiger partial charge in [0, 0.05) is 12.1 Å². The highest BCUT2D eigenvalue weighted by Gasteiger charge is 2.21. The number of anilines is 2. The first-order valence-corrected chi connectivity index (χ1v) is 13.3. The van der Waals surface area contributed by atoms with Crippen LogP contribution in [0.25, 0.3) is 0 Å². The second kappa shape index (κ2) is 16.5. The Labute approximate surface area is 216 Å². The topological polar surface area (TPSA) is 93.9 Å². The van der Waals surface area contributed by atoms with Crippen molar-refractivity contribution in [2.75, 3.05) is 25.2 Å². The minimum Gasteiger partial charge on any atom is -0.495 e. The number of benzene rings is 2. The number of urea groups is 1. The lowest BCUT2D eigenvalue weighted by atomic mass is 10.1. The van der Waals surface area contributed by atoms with E-state index in [9.17, 15) is 9.59 Å². The molecule has 0 saturated carbocycles. The first-order chi connectivity index (χ1) is 17.5. The van der Waals surface area contributed by atoms with Crippen LogP contribution in [0.15, 0.2) is 42.5 Å². The Morgan fingerprint density at radius 1 is 0.861 bits per heavy atom. The Bertz CT molecular complexity index is 931. The zero-order chi connectivity index (χ0) is 26.2. The van der Waals surface area contributed by atoms with Gasteiger partial charge in [0.05, 0.1) is 25.1 Å². The number of primary amides is 1. The van der Waals surface area contributed by atoms with E-state index in [4.69, 9.17) is 15.2 Å². The van der Waals surface area contributed by atoms with Crippen molar-refractivity contribution < 1.29 is 19.1 Å². The minimum absolute atomic E-state index is 0.207. The first kappa shape index (κ1) is 29.0. The zero-order valence-electron chi connectivity index (χ0n) is 22.2. The molecule has 0 aliphatic rings. The number of unbranched alkanes of at least 4 members (excludes halogenated alkanes) is 8. The van der Waals surface area contributed by atoms with E-state index in [1.165, 1.54) is 57.0 Å². The molecule has 2 aromatic carbocycles. The van der Waals surface area contributed by atoms with Crippen LogP contribution in [0, 0.1) is 0 Å². The van der Waals surface area contributed by atoms with E-state index in [0.717, 1.165) is 25.0 Å². The molecule has 0 unspecified atom stereocenters. The second-order valence-electron chi connectivity index (χ2n) is 8.99. The van der Waals surface area contributed by atoms with E-state index in [-0.39, 0.29) is 5.91 Å². The molecule has 0 aliphatic heterocycles. The Morgan fingerprint density at radius 2 is 1.50 bits per heavy atom. The molecular formula is C29H43N3O4. The van der Waals surface area contributed by atoms with Gasteiger partial charge in [0.1, 0.15) is 11.5 Å². The molecule has 0 aromatic heterocycles. The summed E-state index contributed by atoms with van der Waals surface area (Å²) in [4.78, 5) is 26.4. The average molecular weight is 498 g/mol. The maximum Gasteiger partial charge on any atom is 0.324 e. The van der Waals surface area contributed by atoms with Crippen LogP contribution in [-0.2, 0) is 0 Å². The van der Waals surface area contributed by atoms with Crippen LogP contribution in [0.1, 0.15) is 88.4 Å². The van der Waals surface area contributed by atoms with E-state index >= 15 is 0 Å². The number of carbonyl (C=O) groups is 2. The minimum atomic E-state index is -0.676. The highest BCUT2D eigenvalue weighted by molar-refractivity contribution is 6.02. The van der Waals surface area contributed by atoms with Crippen LogP contribution in [-0.4, -0.2) is 32.2 Å². The molecule has 7 nitrogen and oxygen atoms in total. The number of nitrogens with one attached hydrogen (secondary N) is 1. The molecule has 0 atom stereocenters. The van der Waals surface area contributed by atoms with E-state index in [2.05, 4.69) is 19.2 Å². The number of hydrogen-bond acceptors (Lipinski definition) is 4. The van der Waals surface area contributed by atoms with Gasteiger partial charge in [-0.05, 0) is 55.3 Å². The van der Waals surface area contributed by atoms with Crippen molar-refractivity contribution in [2.45, 2.75) is 78.1 Å². The predicted octanol–water partition coefficient (Wildman–Crippen LogP) is 6.96. The van der Waals surface area contributed by atoms with Gasteiger partial charge < -0.3 is 20.5 Å². The fraction of sp³-hybridized carbons (Fsp3) is 0.517. The lowest BCUT2D eigenvalue weighted by molar-refractivity contribution is 0.0953. The van der Waals surface area contributed by atoms with Gasteiger partial charge in [-0.1, -0.05) is 65.2 Å². The molecule has 0 heterocycles. The lowest BCUT2D eigenvalue weighted by Gasteiger charge is -2.23. The van der Waals surface area contributed by atoms with E-state index in [1.54, 1.807) is 30.3 Å². The molecule has 3 N–H and O–H groups in total. The van der Waals surface area contributed by atoms with Crippen LogP contribution in [0.5, 0.6) is 11.5 Å². The summed E-state index contributed by atoms with van der Waals surface area (Å²) in [6.07, 6.45) is 11.9. The van der Waals surface area contributed by atoms with Gasteiger partial charge in [-0.3, -0.25) is 9.69 Å². The molecule has 0 saturated heterocycles. The zero-order valence-corrected chi connectivity index (χ0v) is 22.2. The van der Waals surface area contributed by atoms with Crippen molar-refractivity contribution in [2.24, 2.45) is 5.73 Å². The number of methoxy groups -OCH3 is 1. The standard InChI is InChI=1S/C29H43N3O4/c1-4-6-8-9-10-11-12-13-21-36-25-17-15-24(16-18-25)32(29(30)34)26-22-23(14-19-27(26)35-3)28(33)31-20-7-5-2/h14-19,22H,4-13,20-21H2,1-3H3,(H2,30,34)(H,31,33). The Kier molecular flexibility index (Phi) is 13.3. The van der Waals surface area contributed by atoms with Crippen molar-refractivity contribution in [3.05, 3.63) is 48.0 Å². The third-order valence-electron chi connectivity index (χ3n) is 6.08. The van der Waals surface area contributed by atoms with Crippen LogP contribution in [0.3, 0.4) is 0 Å². The van der Waals surface area contributed by atoms with E-state index in [1.807, 2.05) is 12.1 Å². The monoisotopic (exact) mass is 497 g/mol. The summed E-state index contributed by atoms with van der Waals surface area (Å²) in [7, 11) is 1.52.